The molecule has 0 saturated carbocycles. The molecule has 0 aliphatic carbocycles. The van der Waals surface area contributed by atoms with E-state index in [4.69, 9.17) is 23.2 Å². The highest BCUT2D eigenvalue weighted by molar-refractivity contribution is 7.92. The van der Waals surface area contributed by atoms with E-state index < -0.39 is 28.5 Å². The smallest absolute Gasteiger partial charge is 0.244 e. The van der Waals surface area contributed by atoms with Gasteiger partial charge in [-0.1, -0.05) is 66.9 Å². The molecule has 2 rings (SSSR count). The van der Waals surface area contributed by atoms with E-state index in [9.17, 15) is 18.0 Å². The number of carbonyl (C=O) groups is 2. The van der Waals surface area contributed by atoms with Crippen molar-refractivity contribution in [2.75, 3.05) is 17.1 Å². The Balaban J connectivity index is 2.47. The predicted molar refractivity (Wildman–Crippen MR) is 142 cm³/mol. The second-order valence-corrected chi connectivity index (χ2v) is 11.4. The molecule has 192 valence electrons. The molecule has 1 N–H and O–H groups in total. The molecule has 0 heterocycles. The molecule has 0 aliphatic heterocycles. The fourth-order valence-electron chi connectivity index (χ4n) is 3.66. The number of sulfonamides is 1. The highest BCUT2D eigenvalue weighted by Crippen LogP contribution is 2.27. The van der Waals surface area contributed by atoms with Crippen LogP contribution in [0.4, 0.5) is 5.69 Å². The maximum atomic E-state index is 13.7. The number of aryl methyl sites for hydroxylation is 1. The van der Waals surface area contributed by atoms with Gasteiger partial charge >= 0.3 is 0 Å². The van der Waals surface area contributed by atoms with Gasteiger partial charge in [-0.05, 0) is 50.5 Å². The summed E-state index contributed by atoms with van der Waals surface area (Å²) in [4.78, 5) is 28.2. The molecule has 2 amide bonds. The molecule has 0 fully saturated rings. The van der Waals surface area contributed by atoms with Crippen LogP contribution >= 0.6 is 23.2 Å². The minimum Gasteiger partial charge on any atom is -0.352 e. The van der Waals surface area contributed by atoms with Crippen LogP contribution in [-0.4, -0.2) is 50.0 Å². The molecule has 0 aliphatic rings. The zero-order valence-electron chi connectivity index (χ0n) is 20.7. The molecule has 0 unspecified atom stereocenters. The average molecular weight is 543 g/mol. The van der Waals surface area contributed by atoms with Crippen LogP contribution in [0.2, 0.25) is 10.0 Å². The van der Waals surface area contributed by atoms with Crippen LogP contribution in [0.15, 0.2) is 42.5 Å². The SMILES string of the molecule is CC[C@H](C)NC(=O)[C@H](CC)N(Cc1cccc(C)c1)C(=O)CN(c1cc(Cl)cc(Cl)c1)S(C)(=O)=O. The molecule has 2 aromatic rings. The normalized spacial score (nSPS) is 13.1. The highest BCUT2D eigenvalue weighted by Gasteiger charge is 2.32. The molecular formula is C25H33Cl2N3O4S. The third-order valence-corrected chi connectivity index (χ3v) is 7.21. The number of nitrogens with one attached hydrogen (secondary N) is 1. The van der Waals surface area contributed by atoms with Crippen molar-refractivity contribution in [1.82, 2.24) is 10.2 Å². The molecule has 35 heavy (non-hydrogen) atoms. The van der Waals surface area contributed by atoms with E-state index in [-0.39, 0.29) is 34.2 Å². The first-order chi connectivity index (χ1) is 16.3. The number of benzene rings is 2. The molecule has 2 aromatic carbocycles. The van der Waals surface area contributed by atoms with Gasteiger partial charge in [-0.2, -0.15) is 0 Å². The minimum atomic E-state index is -3.87. The maximum absolute atomic E-state index is 13.7. The van der Waals surface area contributed by atoms with Crippen LogP contribution in [0.25, 0.3) is 0 Å². The zero-order chi connectivity index (χ0) is 26.3. The molecule has 7 nitrogen and oxygen atoms in total. The van der Waals surface area contributed by atoms with Crippen molar-refractivity contribution in [3.63, 3.8) is 0 Å². The van der Waals surface area contributed by atoms with Crippen molar-refractivity contribution in [2.45, 2.75) is 59.2 Å². The largest absolute Gasteiger partial charge is 0.352 e. The standard InChI is InChI=1S/C25H33Cl2N3O4S/c1-6-18(4)28-25(32)23(7-2)29(15-19-10-8-9-17(3)11-19)24(31)16-30(35(5,33)34)22-13-20(26)12-21(27)14-22/h8-14,18,23H,6-7,15-16H2,1-5H3,(H,28,32)/t18-,23-/m0/s1. The first kappa shape index (κ1) is 28.9. The lowest BCUT2D eigenvalue weighted by Crippen LogP contribution is -2.53. The van der Waals surface area contributed by atoms with Gasteiger partial charge in [0.1, 0.15) is 12.6 Å². The van der Waals surface area contributed by atoms with Gasteiger partial charge in [-0.25, -0.2) is 8.42 Å². The van der Waals surface area contributed by atoms with Gasteiger partial charge in [0.25, 0.3) is 0 Å². The van der Waals surface area contributed by atoms with Gasteiger partial charge in [0, 0.05) is 22.6 Å². The average Bonchev–Trinajstić information content (AvgIpc) is 2.75. The molecule has 2 atom stereocenters. The first-order valence-electron chi connectivity index (χ1n) is 11.4. The lowest BCUT2D eigenvalue weighted by atomic mass is 10.1. The summed E-state index contributed by atoms with van der Waals surface area (Å²) in [6.45, 7) is 7.27. The number of hydrogen-bond donors (Lipinski definition) is 1. The Kier molecular flexibility index (Phi) is 10.4. The lowest BCUT2D eigenvalue weighted by Gasteiger charge is -2.33. The first-order valence-corrected chi connectivity index (χ1v) is 14.0. The van der Waals surface area contributed by atoms with Crippen molar-refractivity contribution < 1.29 is 18.0 Å². The Morgan fingerprint density at radius 1 is 1.03 bits per heavy atom. The van der Waals surface area contributed by atoms with Crippen molar-refractivity contribution in [3.8, 4) is 0 Å². The van der Waals surface area contributed by atoms with Gasteiger partial charge < -0.3 is 10.2 Å². The second-order valence-electron chi connectivity index (χ2n) is 8.65. The summed E-state index contributed by atoms with van der Waals surface area (Å²) >= 11 is 12.2. The van der Waals surface area contributed by atoms with E-state index in [2.05, 4.69) is 5.32 Å². The van der Waals surface area contributed by atoms with E-state index in [1.165, 1.54) is 23.1 Å². The molecule has 0 saturated heterocycles. The Morgan fingerprint density at radius 3 is 2.17 bits per heavy atom. The van der Waals surface area contributed by atoms with Gasteiger partial charge in [0.2, 0.25) is 21.8 Å². The quantitative estimate of drug-likeness (QED) is 0.443. The number of rotatable bonds is 11. The molecule has 0 spiro atoms. The summed E-state index contributed by atoms with van der Waals surface area (Å²) < 4.78 is 26.3. The van der Waals surface area contributed by atoms with Crippen LogP contribution in [-0.2, 0) is 26.2 Å². The van der Waals surface area contributed by atoms with E-state index in [1.807, 2.05) is 52.0 Å². The Bertz CT molecular complexity index is 1140. The van der Waals surface area contributed by atoms with Crippen molar-refractivity contribution in [2.24, 2.45) is 0 Å². The minimum absolute atomic E-state index is 0.0615. The van der Waals surface area contributed by atoms with Gasteiger partial charge in [-0.15, -0.1) is 0 Å². The van der Waals surface area contributed by atoms with E-state index in [1.54, 1.807) is 0 Å². The fourth-order valence-corrected chi connectivity index (χ4v) is 5.01. The summed E-state index contributed by atoms with van der Waals surface area (Å²) in [6, 6.07) is 11.1. The van der Waals surface area contributed by atoms with Gasteiger partial charge in [-0.3, -0.25) is 13.9 Å². The van der Waals surface area contributed by atoms with Crippen LogP contribution in [0.5, 0.6) is 0 Å². The van der Waals surface area contributed by atoms with E-state index >= 15 is 0 Å². The summed E-state index contributed by atoms with van der Waals surface area (Å²) in [5, 5.41) is 3.42. The van der Waals surface area contributed by atoms with Gasteiger partial charge in [0.15, 0.2) is 0 Å². The fraction of sp³-hybridized carbons (Fsp3) is 0.440. The topological polar surface area (TPSA) is 86.8 Å². The van der Waals surface area contributed by atoms with Crippen molar-refractivity contribution in [3.05, 3.63) is 63.6 Å². The number of hydrogen-bond acceptors (Lipinski definition) is 4. The Hall–Kier alpha value is -2.29. The molecule has 10 heteroatoms. The van der Waals surface area contributed by atoms with E-state index in [0.717, 1.165) is 28.1 Å². The van der Waals surface area contributed by atoms with Crippen molar-refractivity contribution >= 4 is 50.7 Å². The summed E-state index contributed by atoms with van der Waals surface area (Å²) in [6.07, 6.45) is 2.11. The van der Waals surface area contributed by atoms with Crippen LogP contribution in [0.1, 0.15) is 44.7 Å². The van der Waals surface area contributed by atoms with Gasteiger partial charge in [0.05, 0.1) is 11.9 Å². The van der Waals surface area contributed by atoms with Crippen molar-refractivity contribution in [1.29, 1.82) is 0 Å². The number of carbonyl (C=O) groups excluding carboxylic acids is 2. The highest BCUT2D eigenvalue weighted by atomic mass is 35.5. The molecule has 0 radical (unpaired) electrons. The maximum Gasteiger partial charge on any atom is 0.244 e. The lowest BCUT2D eigenvalue weighted by molar-refractivity contribution is -0.140. The Labute approximate surface area is 218 Å². The summed E-state index contributed by atoms with van der Waals surface area (Å²) in [5.41, 5.74) is 2.02. The Morgan fingerprint density at radius 2 is 1.66 bits per heavy atom. The van der Waals surface area contributed by atoms with E-state index in [0.29, 0.717) is 6.42 Å². The number of nitrogens with zero attached hydrogens (tertiary/aromatic N) is 2. The van der Waals surface area contributed by atoms with Crippen LogP contribution < -0.4 is 9.62 Å². The molecular weight excluding hydrogens is 509 g/mol. The summed E-state index contributed by atoms with van der Waals surface area (Å²) in [7, 11) is -3.87. The second kappa shape index (κ2) is 12.6. The monoisotopic (exact) mass is 541 g/mol. The number of halogens is 2. The van der Waals surface area contributed by atoms with Crippen LogP contribution in [0.3, 0.4) is 0 Å². The number of amides is 2. The zero-order valence-corrected chi connectivity index (χ0v) is 23.0. The van der Waals surface area contributed by atoms with Crippen LogP contribution in [0, 0.1) is 6.92 Å². The third kappa shape index (κ3) is 8.40. The predicted octanol–water partition coefficient (Wildman–Crippen LogP) is 4.79. The molecule has 0 aromatic heterocycles. The number of anilines is 1. The summed E-state index contributed by atoms with van der Waals surface area (Å²) in [5.74, 6) is -0.793. The third-order valence-electron chi connectivity index (χ3n) is 5.64. The molecule has 0 bridgehead atoms.